The summed E-state index contributed by atoms with van der Waals surface area (Å²) in [5, 5.41) is 11.4. The van der Waals surface area contributed by atoms with Crippen LogP contribution in [-0.4, -0.2) is 29.7 Å². The van der Waals surface area contributed by atoms with Crippen LogP contribution in [-0.2, 0) is 4.79 Å². The van der Waals surface area contributed by atoms with Crippen molar-refractivity contribution in [2.75, 3.05) is 6.54 Å². The second-order valence-corrected chi connectivity index (χ2v) is 2.59. The van der Waals surface area contributed by atoms with Crippen LogP contribution in [0.5, 0.6) is 0 Å². The van der Waals surface area contributed by atoms with E-state index in [4.69, 9.17) is 17.3 Å². The third-order valence-corrected chi connectivity index (χ3v) is 1.42. The molecule has 4 nitrogen and oxygen atoms in total. The molecule has 0 aliphatic heterocycles. The van der Waals surface area contributed by atoms with E-state index < -0.39 is 12.1 Å². The molecule has 2 atom stereocenters. The standard InChI is InChI=1S/C8H14N2O2/c1-3-4-8(12)10-5-7(9)6(2)11/h1,6-7,11H,4-5,9H2,2H3,(H,10,12). The summed E-state index contributed by atoms with van der Waals surface area (Å²) in [5.41, 5.74) is 5.44. The fourth-order valence-corrected chi connectivity index (χ4v) is 0.557. The van der Waals surface area contributed by atoms with Crippen molar-refractivity contribution in [1.29, 1.82) is 0 Å². The molecule has 4 heteroatoms. The number of carbonyl (C=O) groups is 1. The van der Waals surface area contributed by atoms with Crippen LogP contribution in [0.3, 0.4) is 0 Å². The van der Waals surface area contributed by atoms with Crippen molar-refractivity contribution in [3.05, 3.63) is 0 Å². The lowest BCUT2D eigenvalue weighted by atomic mass is 10.2. The maximum Gasteiger partial charge on any atom is 0.232 e. The highest BCUT2D eigenvalue weighted by atomic mass is 16.3. The molecule has 0 rings (SSSR count). The molecular weight excluding hydrogens is 156 g/mol. The lowest BCUT2D eigenvalue weighted by Crippen LogP contribution is -2.43. The second-order valence-electron chi connectivity index (χ2n) is 2.59. The molecular formula is C8H14N2O2. The lowest BCUT2D eigenvalue weighted by molar-refractivity contribution is -0.120. The second kappa shape index (κ2) is 5.58. The van der Waals surface area contributed by atoms with Crippen molar-refractivity contribution in [2.45, 2.75) is 25.5 Å². The van der Waals surface area contributed by atoms with Crippen LogP contribution in [0, 0.1) is 12.3 Å². The third kappa shape index (κ3) is 4.72. The molecule has 4 N–H and O–H groups in total. The number of carbonyl (C=O) groups excluding carboxylic acids is 1. The van der Waals surface area contributed by atoms with Gasteiger partial charge in [-0.05, 0) is 6.92 Å². The normalized spacial score (nSPS) is 14.5. The summed E-state index contributed by atoms with van der Waals surface area (Å²) in [5.74, 6) is 1.96. The molecule has 0 aromatic rings. The maximum absolute atomic E-state index is 10.8. The van der Waals surface area contributed by atoms with Gasteiger partial charge in [0, 0.05) is 12.6 Å². The van der Waals surface area contributed by atoms with Gasteiger partial charge in [-0.3, -0.25) is 4.79 Å². The lowest BCUT2D eigenvalue weighted by Gasteiger charge is -2.14. The Labute approximate surface area is 72.1 Å². The molecule has 0 aromatic heterocycles. The van der Waals surface area contributed by atoms with Gasteiger partial charge < -0.3 is 16.2 Å². The summed E-state index contributed by atoms with van der Waals surface area (Å²) in [6, 6.07) is -0.438. The number of amides is 1. The minimum Gasteiger partial charge on any atom is -0.392 e. The Hall–Kier alpha value is -1.05. The van der Waals surface area contributed by atoms with Gasteiger partial charge in [0.1, 0.15) is 0 Å². The van der Waals surface area contributed by atoms with Crippen LogP contribution in [0.25, 0.3) is 0 Å². The quantitative estimate of drug-likeness (QED) is 0.465. The highest BCUT2D eigenvalue weighted by molar-refractivity contribution is 5.78. The highest BCUT2D eigenvalue weighted by Gasteiger charge is 2.09. The van der Waals surface area contributed by atoms with E-state index in [1.165, 1.54) is 0 Å². The van der Waals surface area contributed by atoms with E-state index in [1.807, 2.05) is 0 Å². The maximum atomic E-state index is 10.8. The minimum absolute atomic E-state index is 0.0481. The summed E-state index contributed by atoms with van der Waals surface area (Å²) < 4.78 is 0. The molecule has 2 unspecified atom stereocenters. The predicted octanol–water partition coefficient (Wildman–Crippen LogP) is -1.17. The van der Waals surface area contributed by atoms with E-state index in [1.54, 1.807) is 6.92 Å². The first kappa shape index (κ1) is 11.0. The van der Waals surface area contributed by atoms with Gasteiger partial charge in [0.25, 0.3) is 0 Å². The van der Waals surface area contributed by atoms with E-state index >= 15 is 0 Å². The zero-order valence-electron chi connectivity index (χ0n) is 7.08. The zero-order valence-corrected chi connectivity index (χ0v) is 7.08. The molecule has 0 bridgehead atoms. The molecule has 1 amide bonds. The van der Waals surface area contributed by atoms with Crippen LogP contribution < -0.4 is 11.1 Å². The number of rotatable bonds is 4. The minimum atomic E-state index is -0.629. The van der Waals surface area contributed by atoms with Crippen molar-refractivity contribution < 1.29 is 9.90 Å². The van der Waals surface area contributed by atoms with Crippen LogP contribution in [0.1, 0.15) is 13.3 Å². The zero-order chi connectivity index (χ0) is 9.56. The van der Waals surface area contributed by atoms with Gasteiger partial charge in [-0.25, -0.2) is 0 Å². The Morgan fingerprint density at radius 2 is 2.42 bits per heavy atom. The van der Waals surface area contributed by atoms with Gasteiger partial charge in [0.05, 0.1) is 12.5 Å². The van der Waals surface area contributed by atoms with Crippen LogP contribution >= 0.6 is 0 Å². The van der Waals surface area contributed by atoms with Gasteiger partial charge in [-0.15, -0.1) is 6.42 Å². The Balaban J connectivity index is 3.55. The molecule has 0 aliphatic carbocycles. The van der Waals surface area contributed by atoms with E-state index in [2.05, 4.69) is 11.2 Å². The smallest absolute Gasteiger partial charge is 0.232 e. The number of terminal acetylenes is 1. The molecule has 12 heavy (non-hydrogen) atoms. The molecule has 0 aliphatic rings. The number of hydrogen-bond donors (Lipinski definition) is 3. The molecule has 0 fully saturated rings. The molecule has 0 saturated heterocycles. The van der Waals surface area contributed by atoms with Gasteiger partial charge in [-0.1, -0.05) is 5.92 Å². The van der Waals surface area contributed by atoms with Gasteiger partial charge in [0.2, 0.25) is 5.91 Å². The van der Waals surface area contributed by atoms with Crippen molar-refractivity contribution in [3.63, 3.8) is 0 Å². The summed E-state index contributed by atoms with van der Waals surface area (Å²) in [7, 11) is 0. The third-order valence-electron chi connectivity index (χ3n) is 1.42. The number of nitrogens with two attached hydrogens (primary N) is 1. The van der Waals surface area contributed by atoms with Gasteiger partial charge >= 0.3 is 0 Å². The predicted molar refractivity (Wildman–Crippen MR) is 46.1 cm³/mol. The van der Waals surface area contributed by atoms with Crippen molar-refractivity contribution in [2.24, 2.45) is 5.73 Å². The van der Waals surface area contributed by atoms with Crippen molar-refractivity contribution >= 4 is 5.91 Å². The molecule has 0 saturated carbocycles. The van der Waals surface area contributed by atoms with Crippen LogP contribution in [0.15, 0.2) is 0 Å². The molecule has 0 aromatic carbocycles. The number of aliphatic hydroxyl groups is 1. The monoisotopic (exact) mass is 170 g/mol. The Morgan fingerprint density at radius 3 is 2.83 bits per heavy atom. The van der Waals surface area contributed by atoms with E-state index in [0.29, 0.717) is 0 Å². The van der Waals surface area contributed by atoms with E-state index in [0.717, 1.165) is 0 Å². The first-order valence-electron chi connectivity index (χ1n) is 3.71. The largest absolute Gasteiger partial charge is 0.392 e. The molecule has 68 valence electrons. The number of nitrogens with one attached hydrogen (secondary N) is 1. The topological polar surface area (TPSA) is 75.4 Å². The Bertz CT molecular complexity index is 184. The summed E-state index contributed by atoms with van der Waals surface area (Å²) in [6.07, 6.45) is 4.32. The van der Waals surface area contributed by atoms with Gasteiger partial charge in [-0.2, -0.15) is 0 Å². The summed E-state index contributed by atoms with van der Waals surface area (Å²) in [6.45, 7) is 1.82. The summed E-state index contributed by atoms with van der Waals surface area (Å²) >= 11 is 0. The first-order chi connectivity index (χ1) is 5.57. The van der Waals surface area contributed by atoms with E-state index in [9.17, 15) is 4.79 Å². The van der Waals surface area contributed by atoms with Gasteiger partial charge in [0.15, 0.2) is 0 Å². The van der Waals surface area contributed by atoms with Crippen LogP contribution in [0.2, 0.25) is 0 Å². The fourth-order valence-electron chi connectivity index (χ4n) is 0.557. The fraction of sp³-hybridized carbons (Fsp3) is 0.625. The molecule has 0 radical (unpaired) electrons. The van der Waals surface area contributed by atoms with Crippen molar-refractivity contribution in [3.8, 4) is 12.3 Å². The Kier molecular flexibility index (Phi) is 5.09. The van der Waals surface area contributed by atoms with Crippen LogP contribution in [0.4, 0.5) is 0 Å². The Morgan fingerprint density at radius 1 is 1.83 bits per heavy atom. The SMILES string of the molecule is C#CCC(=O)NCC(N)C(C)O. The molecule has 0 heterocycles. The van der Waals surface area contributed by atoms with Crippen molar-refractivity contribution in [1.82, 2.24) is 5.32 Å². The molecule has 0 spiro atoms. The average molecular weight is 170 g/mol. The van der Waals surface area contributed by atoms with E-state index in [-0.39, 0.29) is 18.9 Å². The highest BCUT2D eigenvalue weighted by Crippen LogP contribution is 1.86. The summed E-state index contributed by atoms with van der Waals surface area (Å²) in [4.78, 5) is 10.8. The number of aliphatic hydroxyl groups excluding tert-OH is 1. The average Bonchev–Trinajstić information content (AvgIpc) is 2.00. The number of hydrogen-bond acceptors (Lipinski definition) is 3. The first-order valence-corrected chi connectivity index (χ1v) is 3.71.